The molecule has 0 saturated carbocycles. The zero-order valence-corrected chi connectivity index (χ0v) is 6.70. The van der Waals surface area contributed by atoms with Gasteiger partial charge in [0, 0.05) is 0 Å². The van der Waals surface area contributed by atoms with Crippen LogP contribution in [0.2, 0.25) is 0 Å². The van der Waals surface area contributed by atoms with Crippen molar-refractivity contribution in [3.63, 3.8) is 0 Å². The Balaban J connectivity index is 3.13. The summed E-state index contributed by atoms with van der Waals surface area (Å²) < 4.78 is 0. The fraction of sp³-hybridized carbons (Fsp3) is 0.250. The molecule has 0 spiro atoms. The molecule has 0 bridgehead atoms. The maximum atomic E-state index is 8.88. The van der Waals surface area contributed by atoms with Crippen LogP contribution in [0.25, 0.3) is 0 Å². The SMILES string of the molecule is Cc1ccc(C)c(B(O)O)c1. The van der Waals surface area contributed by atoms with Crippen molar-refractivity contribution in [1.29, 1.82) is 0 Å². The van der Waals surface area contributed by atoms with Gasteiger partial charge in [0.15, 0.2) is 0 Å². The van der Waals surface area contributed by atoms with Crippen LogP contribution in [0.4, 0.5) is 0 Å². The Kier molecular flexibility index (Phi) is 2.32. The molecule has 0 aromatic heterocycles. The molecule has 11 heavy (non-hydrogen) atoms. The molecule has 3 heteroatoms. The van der Waals surface area contributed by atoms with Crippen LogP contribution in [0.1, 0.15) is 11.1 Å². The minimum absolute atomic E-state index is 0.588. The molecule has 0 atom stereocenters. The van der Waals surface area contributed by atoms with Crippen molar-refractivity contribution >= 4 is 12.6 Å². The summed E-state index contributed by atoms with van der Waals surface area (Å²) in [5.74, 6) is 0. The Morgan fingerprint density at radius 3 is 2.27 bits per heavy atom. The quantitative estimate of drug-likeness (QED) is 0.552. The van der Waals surface area contributed by atoms with Gasteiger partial charge in [-0.2, -0.15) is 0 Å². The van der Waals surface area contributed by atoms with Crippen molar-refractivity contribution in [2.24, 2.45) is 0 Å². The van der Waals surface area contributed by atoms with E-state index in [2.05, 4.69) is 0 Å². The Morgan fingerprint density at radius 2 is 1.82 bits per heavy atom. The fourth-order valence-corrected chi connectivity index (χ4v) is 1.04. The number of aryl methyl sites for hydroxylation is 2. The zero-order valence-electron chi connectivity index (χ0n) is 6.70. The lowest BCUT2D eigenvalue weighted by molar-refractivity contribution is 0.425. The highest BCUT2D eigenvalue weighted by Crippen LogP contribution is 1.99. The summed E-state index contributed by atoms with van der Waals surface area (Å²) in [6.45, 7) is 3.78. The Bertz CT molecular complexity index is 258. The van der Waals surface area contributed by atoms with Crippen LogP contribution < -0.4 is 5.46 Å². The molecule has 1 aromatic rings. The average molecular weight is 150 g/mol. The number of benzene rings is 1. The van der Waals surface area contributed by atoms with Crippen molar-refractivity contribution < 1.29 is 10.0 Å². The smallest absolute Gasteiger partial charge is 0.423 e. The van der Waals surface area contributed by atoms with Gasteiger partial charge in [0.2, 0.25) is 0 Å². The van der Waals surface area contributed by atoms with Crippen molar-refractivity contribution in [3.8, 4) is 0 Å². The summed E-state index contributed by atoms with van der Waals surface area (Å²) >= 11 is 0. The van der Waals surface area contributed by atoms with E-state index in [9.17, 15) is 0 Å². The van der Waals surface area contributed by atoms with Crippen LogP contribution in [0, 0.1) is 13.8 Å². The Morgan fingerprint density at radius 1 is 1.18 bits per heavy atom. The van der Waals surface area contributed by atoms with Gasteiger partial charge in [-0.15, -0.1) is 0 Å². The molecule has 0 unspecified atom stereocenters. The second-order valence-electron chi connectivity index (χ2n) is 2.73. The molecule has 58 valence electrons. The van der Waals surface area contributed by atoms with Crippen LogP contribution >= 0.6 is 0 Å². The molecule has 2 nitrogen and oxygen atoms in total. The molecule has 1 aromatic carbocycles. The highest BCUT2D eigenvalue weighted by Gasteiger charge is 2.12. The predicted molar refractivity (Wildman–Crippen MR) is 45.7 cm³/mol. The summed E-state index contributed by atoms with van der Waals surface area (Å²) in [7, 11) is -1.35. The van der Waals surface area contributed by atoms with Gasteiger partial charge in [-0.05, 0) is 19.3 Å². The van der Waals surface area contributed by atoms with E-state index in [1.807, 2.05) is 26.0 Å². The predicted octanol–water partition coefficient (Wildman–Crippen LogP) is -0.0168. The molecule has 0 amide bonds. The number of hydrogen-bond acceptors (Lipinski definition) is 2. The molecule has 2 N–H and O–H groups in total. The van der Waals surface area contributed by atoms with Gasteiger partial charge in [0.1, 0.15) is 0 Å². The van der Waals surface area contributed by atoms with Gasteiger partial charge in [0.25, 0.3) is 0 Å². The van der Waals surface area contributed by atoms with E-state index in [-0.39, 0.29) is 0 Å². The molecule has 0 aliphatic rings. The number of rotatable bonds is 1. The topological polar surface area (TPSA) is 40.5 Å². The summed E-state index contributed by atoms with van der Waals surface area (Å²) in [4.78, 5) is 0. The van der Waals surface area contributed by atoms with Crippen molar-refractivity contribution in [2.45, 2.75) is 13.8 Å². The van der Waals surface area contributed by atoms with Crippen LogP contribution in [0.5, 0.6) is 0 Å². The van der Waals surface area contributed by atoms with Crippen molar-refractivity contribution in [3.05, 3.63) is 29.3 Å². The third-order valence-corrected chi connectivity index (χ3v) is 1.71. The summed E-state index contributed by atoms with van der Waals surface area (Å²) in [5, 5.41) is 17.8. The lowest BCUT2D eigenvalue weighted by Gasteiger charge is -2.04. The summed E-state index contributed by atoms with van der Waals surface area (Å²) in [6.07, 6.45) is 0. The first-order valence-electron chi connectivity index (χ1n) is 3.54. The third-order valence-electron chi connectivity index (χ3n) is 1.71. The molecule has 0 aliphatic heterocycles. The van der Waals surface area contributed by atoms with Gasteiger partial charge in [-0.3, -0.25) is 0 Å². The molecule has 0 radical (unpaired) electrons. The van der Waals surface area contributed by atoms with E-state index in [1.165, 1.54) is 0 Å². The highest BCUT2D eigenvalue weighted by molar-refractivity contribution is 6.59. The van der Waals surface area contributed by atoms with E-state index in [0.29, 0.717) is 5.46 Å². The van der Waals surface area contributed by atoms with Gasteiger partial charge in [-0.1, -0.05) is 29.3 Å². The van der Waals surface area contributed by atoms with Gasteiger partial charge >= 0.3 is 7.12 Å². The van der Waals surface area contributed by atoms with E-state index in [4.69, 9.17) is 10.0 Å². The monoisotopic (exact) mass is 150 g/mol. The van der Waals surface area contributed by atoms with Crippen LogP contribution in [0.15, 0.2) is 18.2 Å². The number of hydrogen-bond donors (Lipinski definition) is 2. The normalized spacial score (nSPS) is 9.82. The minimum atomic E-state index is -1.35. The Hall–Kier alpha value is -0.795. The fourth-order valence-electron chi connectivity index (χ4n) is 1.04. The summed E-state index contributed by atoms with van der Waals surface area (Å²) in [5.41, 5.74) is 2.54. The minimum Gasteiger partial charge on any atom is -0.423 e. The zero-order chi connectivity index (χ0) is 8.43. The van der Waals surface area contributed by atoms with E-state index in [0.717, 1.165) is 11.1 Å². The lowest BCUT2D eigenvalue weighted by Crippen LogP contribution is -2.32. The molecule has 1 rings (SSSR count). The van der Waals surface area contributed by atoms with Crippen LogP contribution in [0.3, 0.4) is 0 Å². The van der Waals surface area contributed by atoms with Gasteiger partial charge in [-0.25, -0.2) is 0 Å². The highest BCUT2D eigenvalue weighted by atomic mass is 16.4. The standard InChI is InChI=1S/C8H11BO2/c1-6-3-4-7(2)8(5-6)9(10)11/h3-5,10-11H,1-2H3. The summed E-state index contributed by atoms with van der Waals surface area (Å²) in [6, 6.07) is 5.60. The first-order valence-corrected chi connectivity index (χ1v) is 3.54. The Labute approximate surface area is 66.6 Å². The van der Waals surface area contributed by atoms with Crippen LogP contribution in [-0.2, 0) is 0 Å². The van der Waals surface area contributed by atoms with E-state index < -0.39 is 7.12 Å². The maximum absolute atomic E-state index is 8.88. The first kappa shape index (κ1) is 8.30. The third kappa shape index (κ3) is 1.82. The second-order valence-corrected chi connectivity index (χ2v) is 2.73. The van der Waals surface area contributed by atoms with Gasteiger partial charge < -0.3 is 10.0 Å². The largest absolute Gasteiger partial charge is 0.488 e. The lowest BCUT2D eigenvalue weighted by atomic mass is 9.77. The molecule has 0 heterocycles. The van der Waals surface area contributed by atoms with Crippen molar-refractivity contribution in [2.75, 3.05) is 0 Å². The average Bonchev–Trinajstić information content (AvgIpc) is 1.94. The van der Waals surface area contributed by atoms with E-state index >= 15 is 0 Å². The molecule has 0 aliphatic carbocycles. The second kappa shape index (κ2) is 3.07. The molecule has 0 fully saturated rings. The molecule has 0 saturated heterocycles. The van der Waals surface area contributed by atoms with Crippen molar-refractivity contribution in [1.82, 2.24) is 0 Å². The first-order chi connectivity index (χ1) is 5.11. The molecular formula is C8H11BO2. The molecular weight excluding hydrogens is 139 g/mol. The maximum Gasteiger partial charge on any atom is 0.488 e. The van der Waals surface area contributed by atoms with E-state index in [1.54, 1.807) is 6.07 Å². The van der Waals surface area contributed by atoms with Gasteiger partial charge in [0.05, 0.1) is 0 Å². The van der Waals surface area contributed by atoms with Crippen LogP contribution in [-0.4, -0.2) is 17.2 Å².